The zero-order chi connectivity index (χ0) is 20.4. The Morgan fingerprint density at radius 2 is 1.23 bits per heavy atom. The van der Waals surface area contributed by atoms with Crippen molar-refractivity contribution in [3.63, 3.8) is 0 Å². The second-order valence-corrected chi connectivity index (χ2v) is 7.77. The van der Waals surface area contributed by atoms with E-state index in [1.54, 1.807) is 12.4 Å². The van der Waals surface area contributed by atoms with Crippen molar-refractivity contribution in [3.8, 4) is 0 Å². The maximum absolute atomic E-state index is 14.2. The monoisotopic (exact) mass is 390 g/mol. The summed E-state index contributed by atoms with van der Waals surface area (Å²) in [6.07, 6.45) is 4.87. The van der Waals surface area contributed by atoms with Crippen LogP contribution in [0.3, 0.4) is 0 Å². The Kier molecular flexibility index (Phi) is 4.64. The summed E-state index contributed by atoms with van der Waals surface area (Å²) in [5, 5.41) is 0. The average Bonchev–Trinajstić information content (AvgIpc) is 3.04. The lowest BCUT2D eigenvalue weighted by Gasteiger charge is -2.29. The smallest absolute Gasteiger partial charge is 0.242 e. The molecule has 1 aromatic heterocycles. The molecule has 0 bridgehead atoms. The summed E-state index contributed by atoms with van der Waals surface area (Å²) >= 11 is 0. The molecule has 1 aliphatic rings. The fourth-order valence-electron chi connectivity index (χ4n) is 4.54. The fourth-order valence-corrected chi connectivity index (χ4v) is 4.54. The first-order valence-electron chi connectivity index (χ1n) is 10.2. The minimum absolute atomic E-state index is 0.121. The average molecular weight is 390 g/mol. The van der Waals surface area contributed by atoms with E-state index in [0.717, 1.165) is 28.1 Å². The number of para-hydroxylation sites is 2. The van der Waals surface area contributed by atoms with Gasteiger partial charge in [-0.05, 0) is 59.9 Å². The minimum atomic E-state index is -0.671. The van der Waals surface area contributed by atoms with Crippen molar-refractivity contribution in [1.82, 2.24) is 4.98 Å². The molecule has 0 N–H and O–H groups in total. The van der Waals surface area contributed by atoms with Gasteiger partial charge in [-0.2, -0.15) is 0 Å². The molecule has 2 heterocycles. The van der Waals surface area contributed by atoms with E-state index in [2.05, 4.69) is 29.2 Å². The highest BCUT2D eigenvalue weighted by Crippen LogP contribution is 2.48. The molecule has 1 amide bonds. The van der Waals surface area contributed by atoms with Gasteiger partial charge in [0.25, 0.3) is 0 Å². The van der Waals surface area contributed by atoms with E-state index in [4.69, 9.17) is 0 Å². The number of hydrogen-bond donors (Lipinski definition) is 0. The van der Waals surface area contributed by atoms with Gasteiger partial charge in [0.15, 0.2) is 0 Å². The third kappa shape index (κ3) is 3.09. The molecule has 3 aromatic carbocycles. The molecule has 0 saturated heterocycles. The van der Waals surface area contributed by atoms with Crippen LogP contribution in [-0.2, 0) is 23.1 Å². The summed E-state index contributed by atoms with van der Waals surface area (Å²) in [5.41, 5.74) is 4.55. The van der Waals surface area contributed by atoms with Crippen LogP contribution in [-0.4, -0.2) is 10.9 Å². The summed E-state index contributed by atoms with van der Waals surface area (Å²) in [6.45, 7) is 0. The summed E-state index contributed by atoms with van der Waals surface area (Å²) in [5.74, 6) is 0.121. The van der Waals surface area contributed by atoms with Gasteiger partial charge in [0, 0.05) is 18.1 Å². The van der Waals surface area contributed by atoms with Crippen molar-refractivity contribution in [2.45, 2.75) is 18.3 Å². The second kappa shape index (κ2) is 7.60. The van der Waals surface area contributed by atoms with Crippen molar-refractivity contribution in [2.24, 2.45) is 0 Å². The highest BCUT2D eigenvalue weighted by atomic mass is 16.2. The van der Waals surface area contributed by atoms with E-state index >= 15 is 0 Å². The van der Waals surface area contributed by atoms with Crippen LogP contribution in [0.2, 0.25) is 0 Å². The topological polar surface area (TPSA) is 33.2 Å². The predicted octanol–water partition coefficient (Wildman–Crippen LogP) is 5.48. The maximum atomic E-state index is 14.2. The zero-order valence-electron chi connectivity index (χ0n) is 16.6. The molecule has 3 nitrogen and oxygen atoms in total. The number of benzene rings is 3. The van der Waals surface area contributed by atoms with Crippen LogP contribution in [0.4, 0.5) is 11.4 Å². The molecular weight excluding hydrogens is 368 g/mol. The summed E-state index contributed by atoms with van der Waals surface area (Å²) in [4.78, 5) is 20.2. The Morgan fingerprint density at radius 3 is 1.93 bits per heavy atom. The summed E-state index contributed by atoms with van der Waals surface area (Å²) in [6, 6.07) is 32.5. The molecule has 0 aliphatic carbocycles. The lowest BCUT2D eigenvalue weighted by atomic mass is 9.72. The standard InChI is InChI=1S/C27H22N2O/c30-26-27(19-21-9-3-1-4-10-21,20-22-15-17-28-18-16-22)24-13-7-8-14-25(24)29(26)23-11-5-2-6-12-23/h1-18H,19-20H2. The van der Waals surface area contributed by atoms with Gasteiger partial charge in [-0.1, -0.05) is 66.7 Å². The Balaban J connectivity index is 1.70. The van der Waals surface area contributed by atoms with Crippen molar-refractivity contribution in [3.05, 3.63) is 126 Å². The van der Waals surface area contributed by atoms with Crippen molar-refractivity contribution >= 4 is 17.3 Å². The third-order valence-electron chi connectivity index (χ3n) is 5.89. The first-order chi connectivity index (χ1) is 14.8. The number of carbonyl (C=O) groups is 1. The first kappa shape index (κ1) is 18.3. The second-order valence-electron chi connectivity index (χ2n) is 7.77. The Bertz CT molecular complexity index is 1120. The number of fused-ring (bicyclic) bond motifs is 1. The molecule has 0 radical (unpaired) electrons. The van der Waals surface area contributed by atoms with E-state index in [1.807, 2.05) is 77.7 Å². The van der Waals surface area contributed by atoms with Crippen molar-refractivity contribution in [2.75, 3.05) is 4.90 Å². The SMILES string of the molecule is O=C1N(c2ccccc2)c2ccccc2C1(Cc1ccccc1)Cc1ccncc1. The zero-order valence-corrected chi connectivity index (χ0v) is 16.6. The van der Waals surface area contributed by atoms with Gasteiger partial charge < -0.3 is 0 Å². The number of aromatic nitrogens is 1. The lowest BCUT2D eigenvalue weighted by molar-refractivity contribution is -0.122. The molecule has 30 heavy (non-hydrogen) atoms. The van der Waals surface area contributed by atoms with Crippen LogP contribution in [0.25, 0.3) is 0 Å². The normalized spacial score (nSPS) is 17.7. The molecule has 1 unspecified atom stereocenters. The van der Waals surface area contributed by atoms with E-state index in [1.165, 1.54) is 0 Å². The number of anilines is 2. The van der Waals surface area contributed by atoms with Crippen LogP contribution in [0, 0.1) is 0 Å². The molecule has 0 spiro atoms. The van der Waals surface area contributed by atoms with E-state index in [-0.39, 0.29) is 5.91 Å². The van der Waals surface area contributed by atoms with E-state index in [0.29, 0.717) is 12.8 Å². The molecule has 1 aliphatic heterocycles. The molecule has 4 aromatic rings. The molecule has 0 fully saturated rings. The minimum Gasteiger partial charge on any atom is -0.280 e. The summed E-state index contributed by atoms with van der Waals surface area (Å²) < 4.78 is 0. The van der Waals surface area contributed by atoms with Gasteiger partial charge in [-0.3, -0.25) is 14.7 Å². The third-order valence-corrected chi connectivity index (χ3v) is 5.89. The molecule has 0 saturated carbocycles. The lowest BCUT2D eigenvalue weighted by Crippen LogP contribution is -2.42. The maximum Gasteiger partial charge on any atom is 0.242 e. The van der Waals surface area contributed by atoms with Gasteiger partial charge in [0.2, 0.25) is 5.91 Å². The highest BCUT2D eigenvalue weighted by Gasteiger charge is 2.51. The molecule has 1 atom stereocenters. The fraction of sp³-hybridized carbons (Fsp3) is 0.111. The van der Waals surface area contributed by atoms with Gasteiger partial charge in [0.05, 0.1) is 11.1 Å². The number of hydrogen-bond acceptors (Lipinski definition) is 2. The first-order valence-corrected chi connectivity index (χ1v) is 10.2. The van der Waals surface area contributed by atoms with Crippen LogP contribution < -0.4 is 4.90 Å². The van der Waals surface area contributed by atoms with E-state index in [9.17, 15) is 4.79 Å². The number of nitrogens with zero attached hydrogens (tertiary/aromatic N) is 2. The van der Waals surface area contributed by atoms with Crippen LogP contribution >= 0.6 is 0 Å². The quantitative estimate of drug-likeness (QED) is 0.452. The number of pyridine rings is 1. The van der Waals surface area contributed by atoms with Crippen LogP contribution in [0.1, 0.15) is 16.7 Å². The largest absolute Gasteiger partial charge is 0.280 e. The molecular formula is C27H22N2O. The summed E-state index contributed by atoms with van der Waals surface area (Å²) in [7, 11) is 0. The van der Waals surface area contributed by atoms with E-state index < -0.39 is 5.41 Å². The number of carbonyl (C=O) groups excluding carboxylic acids is 1. The molecule has 146 valence electrons. The molecule has 3 heteroatoms. The van der Waals surface area contributed by atoms with Crippen LogP contribution in [0.15, 0.2) is 109 Å². The van der Waals surface area contributed by atoms with Gasteiger partial charge in [-0.25, -0.2) is 0 Å². The highest BCUT2D eigenvalue weighted by molar-refractivity contribution is 6.13. The molecule has 5 rings (SSSR count). The Labute approximate surface area is 176 Å². The van der Waals surface area contributed by atoms with Gasteiger partial charge in [-0.15, -0.1) is 0 Å². The predicted molar refractivity (Wildman–Crippen MR) is 120 cm³/mol. The Hall–Kier alpha value is -3.72. The van der Waals surface area contributed by atoms with Crippen molar-refractivity contribution < 1.29 is 4.79 Å². The van der Waals surface area contributed by atoms with Gasteiger partial charge >= 0.3 is 0 Å². The van der Waals surface area contributed by atoms with Crippen molar-refractivity contribution in [1.29, 1.82) is 0 Å². The van der Waals surface area contributed by atoms with Gasteiger partial charge in [0.1, 0.15) is 0 Å². The Morgan fingerprint density at radius 1 is 0.667 bits per heavy atom. The number of amides is 1. The number of rotatable bonds is 5. The van der Waals surface area contributed by atoms with Crippen LogP contribution in [0.5, 0.6) is 0 Å².